The van der Waals surface area contributed by atoms with Gasteiger partial charge in [-0.1, -0.05) is 87.9 Å². The summed E-state index contributed by atoms with van der Waals surface area (Å²) in [5.41, 5.74) is 6.87. The van der Waals surface area contributed by atoms with Crippen molar-refractivity contribution in [1.82, 2.24) is 15.5 Å². The predicted octanol–water partition coefficient (Wildman–Crippen LogP) is 3.93. The Labute approximate surface area is 335 Å². The predicted molar refractivity (Wildman–Crippen MR) is 211 cm³/mol. The van der Waals surface area contributed by atoms with Crippen molar-refractivity contribution >= 4 is 46.9 Å². The van der Waals surface area contributed by atoms with Crippen molar-refractivity contribution < 1.29 is 47.8 Å². The van der Waals surface area contributed by atoms with Gasteiger partial charge in [-0.2, -0.15) is 0 Å². The Hall–Kier alpha value is -5.24. The fraction of sp³-hybridized carbons (Fsp3) is 0.535. The highest BCUT2D eigenvalue weighted by Crippen LogP contribution is 2.29. The fourth-order valence-corrected chi connectivity index (χ4v) is 6.76. The van der Waals surface area contributed by atoms with Crippen molar-refractivity contribution in [3.05, 3.63) is 71.8 Å². The van der Waals surface area contributed by atoms with Crippen LogP contribution in [0, 0.1) is 17.8 Å². The lowest BCUT2D eigenvalue weighted by Crippen LogP contribution is -2.45. The number of likely N-dealkylation sites (tertiary alicyclic amines) is 1. The monoisotopic (exact) mass is 790 g/mol. The Morgan fingerprint density at radius 2 is 1.54 bits per heavy atom. The number of ketones is 3. The highest BCUT2D eigenvalue weighted by molar-refractivity contribution is 6.38. The number of rotatable bonds is 25. The molecule has 5 atom stereocenters. The van der Waals surface area contributed by atoms with Crippen LogP contribution in [0.25, 0.3) is 0 Å². The number of nitrogens with two attached hydrogens (primary N) is 1. The summed E-state index contributed by atoms with van der Waals surface area (Å²) in [6.07, 6.45) is -0.368. The Bertz CT molecular complexity index is 1680. The molecule has 0 saturated carbocycles. The molecule has 1 aliphatic heterocycles. The summed E-state index contributed by atoms with van der Waals surface area (Å²) in [4.78, 5) is 106. The molecule has 4 amide bonds. The molecular formula is C43H58N4O10. The molecule has 0 spiro atoms. The Morgan fingerprint density at radius 1 is 0.877 bits per heavy atom. The van der Waals surface area contributed by atoms with E-state index >= 15 is 0 Å². The zero-order chi connectivity index (χ0) is 41.9. The van der Waals surface area contributed by atoms with E-state index in [-0.39, 0.29) is 70.1 Å². The summed E-state index contributed by atoms with van der Waals surface area (Å²) in [6, 6.07) is 15.7. The van der Waals surface area contributed by atoms with Crippen molar-refractivity contribution in [3.8, 4) is 0 Å². The number of carbonyl (C=O) groups excluding carboxylic acids is 8. The Kier molecular flexibility index (Phi) is 19.2. The van der Waals surface area contributed by atoms with E-state index in [1.165, 1.54) is 11.8 Å². The van der Waals surface area contributed by atoms with Gasteiger partial charge in [0, 0.05) is 57.5 Å². The number of primary amides is 1. The number of hydrogen-bond donors (Lipinski definition) is 3. The van der Waals surface area contributed by atoms with Crippen LogP contribution in [0.15, 0.2) is 60.7 Å². The van der Waals surface area contributed by atoms with Crippen LogP contribution in [0.4, 0.5) is 0 Å². The van der Waals surface area contributed by atoms with Crippen LogP contribution >= 0.6 is 0 Å². The van der Waals surface area contributed by atoms with Gasteiger partial charge in [0.05, 0.1) is 31.8 Å². The minimum absolute atomic E-state index is 0.0705. The summed E-state index contributed by atoms with van der Waals surface area (Å²) in [7, 11) is 0. The van der Waals surface area contributed by atoms with E-state index in [4.69, 9.17) is 15.2 Å². The maximum atomic E-state index is 14.3. The quantitative estimate of drug-likeness (QED) is 0.0750. The number of esters is 1. The molecule has 0 aliphatic carbocycles. The van der Waals surface area contributed by atoms with E-state index in [1.54, 1.807) is 30.3 Å². The lowest BCUT2D eigenvalue weighted by Gasteiger charge is -2.28. The molecular weight excluding hydrogens is 732 g/mol. The van der Waals surface area contributed by atoms with Gasteiger partial charge in [0.1, 0.15) is 6.04 Å². The van der Waals surface area contributed by atoms with Gasteiger partial charge >= 0.3 is 5.97 Å². The van der Waals surface area contributed by atoms with Crippen LogP contribution in [0.1, 0.15) is 103 Å². The van der Waals surface area contributed by atoms with Gasteiger partial charge in [0.25, 0.3) is 0 Å². The number of amides is 4. The summed E-state index contributed by atoms with van der Waals surface area (Å²) in [5, 5.41) is 5.22. The molecule has 310 valence electrons. The lowest BCUT2D eigenvalue weighted by molar-refractivity contribution is -0.151. The van der Waals surface area contributed by atoms with Crippen molar-refractivity contribution in [2.45, 2.75) is 110 Å². The number of nitrogens with zero attached hydrogens (tertiary/aromatic N) is 1. The van der Waals surface area contributed by atoms with Gasteiger partial charge in [-0.15, -0.1) is 0 Å². The summed E-state index contributed by atoms with van der Waals surface area (Å²) < 4.78 is 11.6. The van der Waals surface area contributed by atoms with Gasteiger partial charge in [-0.25, -0.2) is 0 Å². The van der Waals surface area contributed by atoms with Gasteiger partial charge in [-0.05, 0) is 36.3 Å². The average molecular weight is 791 g/mol. The van der Waals surface area contributed by atoms with Crippen LogP contribution in [0.2, 0.25) is 0 Å². The van der Waals surface area contributed by atoms with Gasteiger partial charge in [0.2, 0.25) is 29.4 Å². The molecule has 0 bridgehead atoms. The highest BCUT2D eigenvalue weighted by Gasteiger charge is 2.43. The Balaban J connectivity index is 1.77. The number of ether oxygens (including phenoxy) is 2. The van der Waals surface area contributed by atoms with Crippen LogP contribution in [0.5, 0.6) is 0 Å². The van der Waals surface area contributed by atoms with E-state index in [2.05, 4.69) is 10.6 Å². The first kappa shape index (κ1) is 46.1. The molecule has 14 nitrogen and oxygen atoms in total. The first-order valence-electron chi connectivity index (χ1n) is 19.8. The van der Waals surface area contributed by atoms with Crippen LogP contribution < -0.4 is 16.4 Å². The minimum atomic E-state index is -1.12. The highest BCUT2D eigenvalue weighted by atomic mass is 16.5. The second kappa shape index (κ2) is 23.7. The maximum absolute atomic E-state index is 14.3. The largest absolute Gasteiger partial charge is 0.465 e. The third kappa shape index (κ3) is 15.7. The molecule has 4 N–H and O–H groups in total. The van der Waals surface area contributed by atoms with Crippen molar-refractivity contribution in [2.75, 3.05) is 19.7 Å². The molecule has 14 heteroatoms. The molecule has 1 saturated heterocycles. The van der Waals surface area contributed by atoms with Crippen molar-refractivity contribution in [1.29, 1.82) is 0 Å². The average Bonchev–Trinajstić information content (AvgIpc) is 3.63. The molecule has 1 fully saturated rings. The summed E-state index contributed by atoms with van der Waals surface area (Å²) in [6.45, 7) is 7.78. The molecule has 2 aromatic rings. The van der Waals surface area contributed by atoms with Crippen LogP contribution in [-0.2, 0) is 54.4 Å². The Morgan fingerprint density at radius 3 is 2.16 bits per heavy atom. The molecule has 0 aromatic heterocycles. The number of nitrogens with one attached hydrogen (secondary N) is 2. The fourth-order valence-electron chi connectivity index (χ4n) is 6.76. The molecule has 3 rings (SSSR count). The molecule has 1 heterocycles. The van der Waals surface area contributed by atoms with E-state index in [0.717, 1.165) is 5.56 Å². The second-order valence-electron chi connectivity index (χ2n) is 15.0. The van der Waals surface area contributed by atoms with Crippen LogP contribution in [0.3, 0.4) is 0 Å². The van der Waals surface area contributed by atoms with Gasteiger partial charge in [-0.3, -0.25) is 38.4 Å². The number of Topliss-reactive ketones (excluding diaryl/α,β-unsaturated/α-hetero) is 3. The zero-order valence-electron chi connectivity index (χ0n) is 33.5. The van der Waals surface area contributed by atoms with Crippen LogP contribution in [-0.4, -0.2) is 83.7 Å². The standard InChI is InChI=1S/C43H58N4O10/c1-5-13-32(41(53)36(49)19-20-38(51)46-40(42(44)54)31-16-10-7-11-17-31)22-37(50)35-24-34(56-27-30-14-8-6-9-15-30)25-47(35)43(55)33(18-12-21-45-29(4)48)23-39(52)57-26-28(2)3/h6-11,14-17,28,32-35,40H,5,12-13,18-27H2,1-4H3,(H2,44,54)(H,45,48)(H,46,51)/t32?,33-,34-,35+,40+/m1/s1. The SMILES string of the molecule is CCCC(CC(=O)[C@@H]1C[C@@H](OCc2ccccc2)CN1C(=O)[C@H](CCCNC(C)=O)CC(=O)OCC(C)C)C(=O)C(=O)CCC(=O)N[C@H](C(N)=O)c1ccccc1. The summed E-state index contributed by atoms with van der Waals surface area (Å²) in [5.74, 6) is -6.42. The second-order valence-corrected chi connectivity index (χ2v) is 15.0. The van der Waals surface area contributed by atoms with Crippen molar-refractivity contribution in [2.24, 2.45) is 23.5 Å². The molecule has 57 heavy (non-hydrogen) atoms. The van der Waals surface area contributed by atoms with Gasteiger partial charge < -0.3 is 30.7 Å². The van der Waals surface area contributed by atoms with E-state index < -0.39 is 77.5 Å². The van der Waals surface area contributed by atoms with E-state index in [0.29, 0.717) is 24.9 Å². The number of hydrogen-bond acceptors (Lipinski definition) is 10. The topological polar surface area (TPSA) is 208 Å². The van der Waals surface area contributed by atoms with Crippen molar-refractivity contribution in [3.63, 3.8) is 0 Å². The first-order valence-corrected chi connectivity index (χ1v) is 19.8. The molecule has 1 unspecified atom stereocenters. The normalized spacial score (nSPS) is 16.6. The maximum Gasteiger partial charge on any atom is 0.306 e. The minimum Gasteiger partial charge on any atom is -0.465 e. The molecule has 1 aliphatic rings. The third-order valence-electron chi connectivity index (χ3n) is 9.72. The number of carbonyl (C=O) groups is 8. The smallest absolute Gasteiger partial charge is 0.306 e. The first-order chi connectivity index (χ1) is 27.2. The summed E-state index contributed by atoms with van der Waals surface area (Å²) >= 11 is 0. The van der Waals surface area contributed by atoms with E-state index in [9.17, 15) is 38.4 Å². The van der Waals surface area contributed by atoms with Gasteiger partial charge in [0.15, 0.2) is 11.6 Å². The lowest BCUT2D eigenvalue weighted by atomic mass is 9.87. The molecule has 0 radical (unpaired) electrons. The third-order valence-corrected chi connectivity index (χ3v) is 9.72. The molecule has 2 aromatic carbocycles. The van der Waals surface area contributed by atoms with E-state index in [1.807, 2.05) is 51.1 Å². The zero-order valence-corrected chi connectivity index (χ0v) is 33.5. The number of benzene rings is 2.